The van der Waals surface area contributed by atoms with E-state index in [0.29, 0.717) is 23.6 Å². The van der Waals surface area contributed by atoms with Crippen LogP contribution in [0.25, 0.3) is 11.3 Å². The van der Waals surface area contributed by atoms with Crippen molar-refractivity contribution in [2.75, 3.05) is 11.9 Å². The number of hydrogen-bond donors (Lipinski definition) is 2. The molecular weight excluding hydrogens is 341 g/mol. The fourth-order valence-electron chi connectivity index (χ4n) is 2.47. The summed E-state index contributed by atoms with van der Waals surface area (Å²) in [5, 5.41) is 3.13. The Balaban J connectivity index is 1.70. The van der Waals surface area contributed by atoms with Crippen LogP contribution in [0, 0.1) is 0 Å². The third-order valence-corrected chi connectivity index (χ3v) is 3.91. The summed E-state index contributed by atoms with van der Waals surface area (Å²) < 4.78 is 38.0. The fraction of sp³-hybridized carbons (Fsp3) is 0.158. The van der Waals surface area contributed by atoms with E-state index in [1.54, 1.807) is 6.07 Å². The zero-order valence-corrected chi connectivity index (χ0v) is 13.7. The van der Waals surface area contributed by atoms with Crippen LogP contribution in [0.4, 0.5) is 19.0 Å². The van der Waals surface area contributed by atoms with Gasteiger partial charge in [-0.2, -0.15) is 13.2 Å². The summed E-state index contributed by atoms with van der Waals surface area (Å²) in [5.74, 6) is 0.557. The summed E-state index contributed by atoms with van der Waals surface area (Å²) in [5.41, 5.74) is 7.55. The molecule has 0 fully saturated rings. The van der Waals surface area contributed by atoms with Gasteiger partial charge < -0.3 is 11.1 Å². The van der Waals surface area contributed by atoms with Gasteiger partial charge in [-0.1, -0.05) is 42.5 Å². The number of nitrogens with zero attached hydrogens (tertiary/aromatic N) is 2. The number of rotatable bonds is 5. The highest BCUT2D eigenvalue weighted by atomic mass is 19.4. The van der Waals surface area contributed by atoms with E-state index < -0.39 is 11.7 Å². The highest BCUT2D eigenvalue weighted by Crippen LogP contribution is 2.30. The number of anilines is 1. The Morgan fingerprint density at radius 2 is 1.65 bits per heavy atom. The van der Waals surface area contributed by atoms with E-state index in [-0.39, 0.29) is 6.04 Å². The van der Waals surface area contributed by atoms with Crippen molar-refractivity contribution in [2.45, 2.75) is 12.2 Å². The molecular formula is C19H17F3N4. The Morgan fingerprint density at radius 3 is 2.31 bits per heavy atom. The second kappa shape index (κ2) is 7.53. The van der Waals surface area contributed by atoms with Gasteiger partial charge in [-0.15, -0.1) is 0 Å². The van der Waals surface area contributed by atoms with Gasteiger partial charge in [0.05, 0.1) is 11.3 Å². The topological polar surface area (TPSA) is 63.8 Å². The van der Waals surface area contributed by atoms with Crippen molar-refractivity contribution >= 4 is 5.82 Å². The number of halogens is 3. The maximum absolute atomic E-state index is 12.7. The van der Waals surface area contributed by atoms with Crippen LogP contribution in [-0.2, 0) is 6.18 Å². The molecule has 0 aliphatic rings. The van der Waals surface area contributed by atoms with Crippen molar-refractivity contribution in [1.82, 2.24) is 9.97 Å². The average Bonchev–Trinajstić information content (AvgIpc) is 2.66. The standard InChI is InChI=1S/C19H17F3N4/c20-19(21,22)15-8-6-14(7-9-15)17-10-18(26-12-25-17)24-11-16(23)13-4-2-1-3-5-13/h1-10,12,16H,11,23H2,(H,24,25,26)/t16-/m0/s1. The molecule has 26 heavy (non-hydrogen) atoms. The summed E-state index contributed by atoms with van der Waals surface area (Å²) >= 11 is 0. The number of hydrogen-bond acceptors (Lipinski definition) is 4. The van der Waals surface area contributed by atoms with Gasteiger partial charge in [-0.3, -0.25) is 0 Å². The molecule has 0 amide bonds. The maximum atomic E-state index is 12.7. The Morgan fingerprint density at radius 1 is 0.962 bits per heavy atom. The molecule has 2 aromatic carbocycles. The van der Waals surface area contributed by atoms with E-state index in [4.69, 9.17) is 5.73 Å². The van der Waals surface area contributed by atoms with Crippen molar-refractivity contribution in [3.05, 3.63) is 78.1 Å². The number of benzene rings is 2. The van der Waals surface area contributed by atoms with Crippen molar-refractivity contribution in [2.24, 2.45) is 5.73 Å². The third-order valence-electron chi connectivity index (χ3n) is 3.91. The van der Waals surface area contributed by atoms with Gasteiger partial charge in [0.15, 0.2) is 0 Å². The average molecular weight is 358 g/mol. The lowest BCUT2D eigenvalue weighted by molar-refractivity contribution is -0.137. The van der Waals surface area contributed by atoms with E-state index in [1.807, 2.05) is 30.3 Å². The van der Waals surface area contributed by atoms with Crippen LogP contribution in [0.5, 0.6) is 0 Å². The Bertz CT molecular complexity index is 849. The van der Waals surface area contributed by atoms with Crippen LogP contribution in [0.1, 0.15) is 17.2 Å². The molecule has 0 aliphatic carbocycles. The van der Waals surface area contributed by atoms with Crippen molar-refractivity contribution in [1.29, 1.82) is 0 Å². The molecule has 1 atom stereocenters. The molecule has 0 saturated carbocycles. The minimum absolute atomic E-state index is 0.208. The van der Waals surface area contributed by atoms with Gasteiger partial charge >= 0.3 is 6.18 Å². The van der Waals surface area contributed by atoms with E-state index in [1.165, 1.54) is 18.5 Å². The first kappa shape index (κ1) is 17.9. The minimum atomic E-state index is -4.36. The zero-order valence-electron chi connectivity index (χ0n) is 13.7. The highest BCUT2D eigenvalue weighted by Gasteiger charge is 2.30. The monoisotopic (exact) mass is 358 g/mol. The number of alkyl halides is 3. The lowest BCUT2D eigenvalue weighted by Crippen LogP contribution is -2.20. The highest BCUT2D eigenvalue weighted by molar-refractivity contribution is 5.62. The van der Waals surface area contributed by atoms with E-state index in [0.717, 1.165) is 17.7 Å². The first-order valence-corrected chi connectivity index (χ1v) is 7.97. The molecule has 3 rings (SSSR count). The van der Waals surface area contributed by atoms with Gasteiger partial charge in [0.25, 0.3) is 0 Å². The van der Waals surface area contributed by atoms with Gasteiger partial charge in [-0.25, -0.2) is 9.97 Å². The summed E-state index contributed by atoms with van der Waals surface area (Å²) in [7, 11) is 0. The summed E-state index contributed by atoms with van der Waals surface area (Å²) in [6, 6.07) is 16.0. The third kappa shape index (κ3) is 4.37. The van der Waals surface area contributed by atoms with Crippen molar-refractivity contribution < 1.29 is 13.2 Å². The Kier molecular flexibility index (Phi) is 5.18. The molecule has 0 radical (unpaired) electrons. The molecule has 1 heterocycles. The molecule has 0 bridgehead atoms. The minimum Gasteiger partial charge on any atom is -0.368 e. The molecule has 4 nitrogen and oxygen atoms in total. The van der Waals surface area contributed by atoms with Crippen molar-refractivity contribution in [3.63, 3.8) is 0 Å². The predicted molar refractivity (Wildman–Crippen MR) is 94.3 cm³/mol. The largest absolute Gasteiger partial charge is 0.416 e. The lowest BCUT2D eigenvalue weighted by atomic mass is 10.1. The van der Waals surface area contributed by atoms with Gasteiger partial charge in [0.1, 0.15) is 12.1 Å². The van der Waals surface area contributed by atoms with Crippen LogP contribution >= 0.6 is 0 Å². The van der Waals surface area contributed by atoms with E-state index in [9.17, 15) is 13.2 Å². The molecule has 1 aromatic heterocycles. The van der Waals surface area contributed by atoms with E-state index >= 15 is 0 Å². The van der Waals surface area contributed by atoms with Gasteiger partial charge in [0.2, 0.25) is 0 Å². The summed E-state index contributed by atoms with van der Waals surface area (Å²) in [4.78, 5) is 8.25. The molecule has 7 heteroatoms. The second-order valence-corrected chi connectivity index (χ2v) is 5.76. The number of nitrogens with two attached hydrogens (primary N) is 1. The predicted octanol–water partition coefficient (Wildman–Crippen LogP) is 4.27. The quantitative estimate of drug-likeness (QED) is 0.715. The Hall–Kier alpha value is -2.93. The molecule has 0 aliphatic heterocycles. The van der Waals surface area contributed by atoms with Crippen LogP contribution in [-0.4, -0.2) is 16.5 Å². The van der Waals surface area contributed by atoms with Crippen molar-refractivity contribution in [3.8, 4) is 11.3 Å². The van der Waals surface area contributed by atoms with Gasteiger partial charge in [-0.05, 0) is 17.7 Å². The van der Waals surface area contributed by atoms with Crippen LogP contribution in [0.15, 0.2) is 67.0 Å². The lowest BCUT2D eigenvalue weighted by Gasteiger charge is -2.14. The number of nitrogens with one attached hydrogen (secondary N) is 1. The van der Waals surface area contributed by atoms with Crippen LogP contribution in [0.3, 0.4) is 0 Å². The summed E-state index contributed by atoms with van der Waals surface area (Å²) in [6.07, 6.45) is -2.99. The van der Waals surface area contributed by atoms with Crippen LogP contribution < -0.4 is 11.1 Å². The smallest absolute Gasteiger partial charge is 0.368 e. The Labute approximate surface area is 148 Å². The second-order valence-electron chi connectivity index (χ2n) is 5.76. The molecule has 3 N–H and O–H groups in total. The molecule has 0 unspecified atom stereocenters. The first-order valence-electron chi connectivity index (χ1n) is 7.97. The molecule has 3 aromatic rings. The SMILES string of the molecule is N[C@@H](CNc1cc(-c2ccc(C(F)(F)F)cc2)ncn1)c1ccccc1. The van der Waals surface area contributed by atoms with Crippen LogP contribution in [0.2, 0.25) is 0 Å². The normalized spacial score (nSPS) is 12.6. The molecule has 0 spiro atoms. The van der Waals surface area contributed by atoms with E-state index in [2.05, 4.69) is 15.3 Å². The maximum Gasteiger partial charge on any atom is 0.416 e. The number of aromatic nitrogens is 2. The zero-order chi connectivity index (χ0) is 18.6. The fourth-order valence-corrected chi connectivity index (χ4v) is 2.47. The van der Waals surface area contributed by atoms with Gasteiger partial charge in [0, 0.05) is 24.2 Å². The summed E-state index contributed by atoms with van der Waals surface area (Å²) in [6.45, 7) is 0.466. The molecule has 134 valence electrons. The first-order chi connectivity index (χ1) is 12.4. The molecule has 0 saturated heterocycles.